The summed E-state index contributed by atoms with van der Waals surface area (Å²) in [6, 6.07) is 7.43. The first-order valence-electron chi connectivity index (χ1n) is 9.51. The average Bonchev–Trinajstić information content (AvgIpc) is 3.11. The Hall–Kier alpha value is -3.17. The lowest BCUT2D eigenvalue weighted by molar-refractivity contribution is -0.141. The van der Waals surface area contributed by atoms with Crippen LogP contribution in [0, 0.1) is 5.82 Å². The van der Waals surface area contributed by atoms with Gasteiger partial charge in [0.25, 0.3) is 0 Å². The van der Waals surface area contributed by atoms with Gasteiger partial charge in [-0.1, -0.05) is 17.7 Å². The standard InChI is InChI=1S/C21H20ClFN4O4/c1-27-9-11(6-16(27)21(28)29)31-18-7-12-15(8-17(18)30-2)24-10-25-20(12)26-14-5-3-4-13(22)19(14)23/h3-5,7-8,10-11,16H,6,9H2,1-2H3,(H,28,29)(H,24,25,26)/t11-,16-/m0/s1. The Morgan fingerprint density at radius 3 is 2.84 bits per heavy atom. The summed E-state index contributed by atoms with van der Waals surface area (Å²) in [5, 5.41) is 12.9. The van der Waals surface area contributed by atoms with E-state index in [0.717, 1.165) is 0 Å². The Morgan fingerprint density at radius 1 is 1.32 bits per heavy atom. The van der Waals surface area contributed by atoms with Crippen molar-refractivity contribution in [2.45, 2.75) is 18.6 Å². The number of carboxylic acid groups (broad SMARTS) is 1. The number of halogens is 2. The van der Waals surface area contributed by atoms with Crippen LogP contribution in [0.3, 0.4) is 0 Å². The first kappa shape index (κ1) is 21.1. The van der Waals surface area contributed by atoms with E-state index in [0.29, 0.717) is 41.2 Å². The average molecular weight is 447 g/mol. The van der Waals surface area contributed by atoms with Crippen molar-refractivity contribution in [2.75, 3.05) is 26.0 Å². The van der Waals surface area contributed by atoms with Gasteiger partial charge >= 0.3 is 5.97 Å². The van der Waals surface area contributed by atoms with E-state index in [-0.39, 0.29) is 16.8 Å². The molecule has 1 fully saturated rings. The lowest BCUT2D eigenvalue weighted by Crippen LogP contribution is -2.32. The van der Waals surface area contributed by atoms with E-state index < -0.39 is 17.8 Å². The monoisotopic (exact) mass is 446 g/mol. The zero-order valence-electron chi connectivity index (χ0n) is 16.8. The maximum Gasteiger partial charge on any atom is 0.321 e. The van der Waals surface area contributed by atoms with Crippen LogP contribution in [-0.2, 0) is 4.79 Å². The van der Waals surface area contributed by atoms with Crippen molar-refractivity contribution in [1.29, 1.82) is 0 Å². The van der Waals surface area contributed by atoms with Crippen molar-refractivity contribution in [2.24, 2.45) is 0 Å². The Morgan fingerprint density at radius 2 is 2.13 bits per heavy atom. The molecule has 2 atom stereocenters. The number of carbonyl (C=O) groups is 1. The molecule has 0 radical (unpaired) electrons. The predicted octanol–water partition coefficient (Wildman–Crippen LogP) is 3.71. The summed E-state index contributed by atoms with van der Waals surface area (Å²) in [5.74, 6) is -0.237. The Bertz CT molecular complexity index is 1150. The number of hydrogen-bond donors (Lipinski definition) is 2. The fraction of sp³-hybridized carbons (Fsp3) is 0.286. The summed E-state index contributed by atoms with van der Waals surface area (Å²) in [6.45, 7) is 0.461. The zero-order chi connectivity index (χ0) is 22.1. The smallest absolute Gasteiger partial charge is 0.321 e. The van der Waals surface area contributed by atoms with E-state index in [2.05, 4.69) is 15.3 Å². The number of ether oxygens (including phenoxy) is 2. The third-order valence-corrected chi connectivity index (χ3v) is 5.51. The van der Waals surface area contributed by atoms with Crippen LogP contribution < -0.4 is 14.8 Å². The number of fused-ring (bicyclic) bond motifs is 1. The third kappa shape index (κ3) is 4.19. The molecule has 0 spiro atoms. The van der Waals surface area contributed by atoms with Crippen molar-refractivity contribution in [3.8, 4) is 11.5 Å². The van der Waals surface area contributed by atoms with Crippen molar-refractivity contribution >= 4 is 40.0 Å². The van der Waals surface area contributed by atoms with Crippen LogP contribution in [0.4, 0.5) is 15.9 Å². The lowest BCUT2D eigenvalue weighted by Gasteiger charge is -2.17. The number of nitrogens with zero attached hydrogens (tertiary/aromatic N) is 3. The Labute approximate surface area is 182 Å². The number of aromatic nitrogens is 2. The van der Waals surface area contributed by atoms with Gasteiger partial charge in [-0.2, -0.15) is 0 Å². The van der Waals surface area contributed by atoms with Crippen molar-refractivity contribution in [1.82, 2.24) is 14.9 Å². The third-order valence-electron chi connectivity index (χ3n) is 5.21. The summed E-state index contributed by atoms with van der Waals surface area (Å²) in [4.78, 5) is 21.6. The van der Waals surface area contributed by atoms with Crippen LogP contribution in [0.1, 0.15) is 6.42 Å². The van der Waals surface area contributed by atoms with Gasteiger partial charge in [0, 0.05) is 24.4 Å². The number of aliphatic carboxylic acids is 1. The molecule has 162 valence electrons. The summed E-state index contributed by atoms with van der Waals surface area (Å²) in [5.41, 5.74) is 0.739. The highest BCUT2D eigenvalue weighted by Crippen LogP contribution is 2.37. The fourth-order valence-corrected chi connectivity index (χ4v) is 3.82. The van der Waals surface area contributed by atoms with Gasteiger partial charge in [-0.15, -0.1) is 0 Å². The molecule has 3 aromatic rings. The molecule has 1 aromatic heterocycles. The minimum atomic E-state index is -0.887. The molecule has 0 aliphatic carbocycles. The van der Waals surface area contributed by atoms with Gasteiger partial charge in [0.05, 0.1) is 23.3 Å². The number of rotatable bonds is 6. The maximum absolute atomic E-state index is 14.4. The van der Waals surface area contributed by atoms with Crippen LogP contribution in [0.15, 0.2) is 36.7 Å². The summed E-state index contributed by atoms with van der Waals surface area (Å²) in [7, 11) is 3.26. The SMILES string of the molecule is COc1cc2ncnc(Nc3cccc(Cl)c3F)c2cc1O[C@H]1C[C@@H](C(=O)O)N(C)C1. The zero-order valence-corrected chi connectivity index (χ0v) is 17.6. The first-order valence-corrected chi connectivity index (χ1v) is 9.88. The van der Waals surface area contributed by atoms with Crippen molar-refractivity contribution in [3.05, 3.63) is 47.5 Å². The molecular formula is C21H20ClFN4O4. The molecule has 4 rings (SSSR count). The molecular weight excluding hydrogens is 427 g/mol. The van der Waals surface area contributed by atoms with Crippen LogP contribution in [0.25, 0.3) is 10.9 Å². The summed E-state index contributed by atoms with van der Waals surface area (Å²) in [6.07, 6.45) is 1.37. The van der Waals surface area contributed by atoms with E-state index in [1.807, 2.05) is 0 Å². The first-order chi connectivity index (χ1) is 14.9. The second kappa shape index (κ2) is 8.52. The summed E-state index contributed by atoms with van der Waals surface area (Å²) >= 11 is 5.87. The quantitative estimate of drug-likeness (QED) is 0.591. The molecule has 2 N–H and O–H groups in total. The molecule has 0 saturated carbocycles. The predicted molar refractivity (Wildman–Crippen MR) is 114 cm³/mol. The van der Waals surface area contributed by atoms with Crippen LogP contribution in [0.5, 0.6) is 11.5 Å². The van der Waals surface area contributed by atoms with E-state index in [1.54, 1.807) is 36.2 Å². The largest absolute Gasteiger partial charge is 0.493 e. The molecule has 0 unspecified atom stereocenters. The molecule has 31 heavy (non-hydrogen) atoms. The normalized spacial score (nSPS) is 18.8. The van der Waals surface area contributed by atoms with Crippen molar-refractivity contribution < 1.29 is 23.8 Å². The molecule has 1 aliphatic heterocycles. The number of methoxy groups -OCH3 is 1. The highest BCUT2D eigenvalue weighted by Gasteiger charge is 2.36. The molecule has 0 bridgehead atoms. The number of hydrogen-bond acceptors (Lipinski definition) is 7. The van der Waals surface area contributed by atoms with Gasteiger partial charge in [0.2, 0.25) is 0 Å². The van der Waals surface area contributed by atoms with E-state index in [9.17, 15) is 14.3 Å². The number of benzene rings is 2. The van der Waals surface area contributed by atoms with Gasteiger partial charge < -0.3 is 19.9 Å². The highest BCUT2D eigenvalue weighted by molar-refractivity contribution is 6.31. The molecule has 8 nitrogen and oxygen atoms in total. The summed E-state index contributed by atoms with van der Waals surface area (Å²) < 4.78 is 25.9. The second-order valence-corrected chi connectivity index (χ2v) is 7.65. The number of likely N-dealkylation sites (tertiary alicyclic amines) is 1. The highest BCUT2D eigenvalue weighted by atomic mass is 35.5. The Balaban J connectivity index is 1.69. The number of nitrogens with one attached hydrogen (secondary N) is 1. The fourth-order valence-electron chi connectivity index (χ4n) is 3.65. The second-order valence-electron chi connectivity index (χ2n) is 7.24. The maximum atomic E-state index is 14.4. The van der Waals surface area contributed by atoms with E-state index in [1.165, 1.54) is 19.5 Å². The lowest BCUT2D eigenvalue weighted by atomic mass is 10.1. The van der Waals surface area contributed by atoms with Crippen LogP contribution in [0.2, 0.25) is 5.02 Å². The Kier molecular flexibility index (Phi) is 5.79. The topological polar surface area (TPSA) is 96.8 Å². The van der Waals surface area contributed by atoms with Gasteiger partial charge in [0.15, 0.2) is 17.3 Å². The van der Waals surface area contributed by atoms with Crippen LogP contribution >= 0.6 is 11.6 Å². The van der Waals surface area contributed by atoms with Gasteiger partial charge in [-0.3, -0.25) is 9.69 Å². The molecule has 10 heteroatoms. The van der Waals surface area contributed by atoms with Gasteiger partial charge in [0.1, 0.15) is 24.3 Å². The number of likely N-dealkylation sites (N-methyl/N-ethyl adjacent to an activating group) is 1. The van der Waals surface area contributed by atoms with Gasteiger partial charge in [-0.25, -0.2) is 14.4 Å². The molecule has 1 saturated heterocycles. The van der Waals surface area contributed by atoms with Gasteiger partial charge in [-0.05, 0) is 25.2 Å². The van der Waals surface area contributed by atoms with Crippen molar-refractivity contribution in [3.63, 3.8) is 0 Å². The number of carboxylic acids is 1. The van der Waals surface area contributed by atoms with E-state index >= 15 is 0 Å². The minimum absolute atomic E-state index is 0.00705. The minimum Gasteiger partial charge on any atom is -0.493 e. The molecule has 1 aliphatic rings. The molecule has 2 aromatic carbocycles. The van der Waals surface area contributed by atoms with E-state index in [4.69, 9.17) is 21.1 Å². The molecule has 0 amide bonds. The van der Waals surface area contributed by atoms with Crippen LogP contribution in [-0.4, -0.2) is 58.8 Å². The number of anilines is 2. The molecule has 2 heterocycles.